The van der Waals surface area contributed by atoms with Crippen LogP contribution in [0, 0.1) is 6.92 Å². The lowest BCUT2D eigenvalue weighted by Gasteiger charge is -2.13. The molecule has 0 aliphatic heterocycles. The van der Waals surface area contributed by atoms with Gasteiger partial charge in [-0.1, -0.05) is 42.8 Å². The molecule has 0 unspecified atom stereocenters. The first-order valence-corrected chi connectivity index (χ1v) is 6.89. The number of rotatable bonds is 4. The molecule has 0 spiro atoms. The van der Waals surface area contributed by atoms with Gasteiger partial charge in [0, 0.05) is 6.54 Å². The summed E-state index contributed by atoms with van der Waals surface area (Å²) in [6, 6.07) is 11.4. The van der Waals surface area contributed by atoms with Gasteiger partial charge in [0.2, 0.25) is 0 Å². The minimum absolute atomic E-state index is 0.599. The summed E-state index contributed by atoms with van der Waals surface area (Å²) in [5.74, 6) is 0. The second kappa shape index (κ2) is 6.31. The molecule has 0 aliphatic rings. The van der Waals surface area contributed by atoms with Gasteiger partial charge in [-0.15, -0.1) is 0 Å². The molecule has 2 rings (SSSR count). The van der Waals surface area contributed by atoms with E-state index in [1.165, 1.54) is 12.1 Å². The van der Waals surface area contributed by atoms with Gasteiger partial charge in [0.15, 0.2) is 0 Å². The molecular formula is C17H18F3N. The Balaban J connectivity index is 2.47. The molecule has 0 fully saturated rings. The molecule has 0 bridgehead atoms. The summed E-state index contributed by atoms with van der Waals surface area (Å²) in [5.41, 5.74) is 2.86. The number of hydrogen-bond acceptors (Lipinski definition) is 1. The Bertz CT molecular complexity index is 618. The largest absolute Gasteiger partial charge is 0.416 e. The molecule has 112 valence electrons. The van der Waals surface area contributed by atoms with E-state index in [4.69, 9.17) is 0 Å². The van der Waals surface area contributed by atoms with E-state index in [2.05, 4.69) is 5.32 Å². The molecule has 0 aromatic heterocycles. The van der Waals surface area contributed by atoms with Crippen molar-refractivity contribution in [1.29, 1.82) is 0 Å². The van der Waals surface area contributed by atoms with Crippen LogP contribution < -0.4 is 5.32 Å². The lowest BCUT2D eigenvalue weighted by molar-refractivity contribution is -0.137. The second-order valence-electron chi connectivity index (χ2n) is 5.02. The number of nitrogens with one attached hydrogen (secondary N) is 1. The summed E-state index contributed by atoms with van der Waals surface area (Å²) in [7, 11) is 0. The number of aryl methyl sites for hydroxylation is 1. The van der Waals surface area contributed by atoms with E-state index < -0.39 is 11.7 Å². The van der Waals surface area contributed by atoms with Gasteiger partial charge in [-0.2, -0.15) is 13.2 Å². The maximum Gasteiger partial charge on any atom is 0.416 e. The van der Waals surface area contributed by atoms with Crippen molar-refractivity contribution in [3.63, 3.8) is 0 Å². The van der Waals surface area contributed by atoms with Crippen LogP contribution >= 0.6 is 0 Å². The Hall–Kier alpha value is -1.81. The standard InChI is InChI=1S/C17H18F3N/c1-3-21-11-14-8-7-12(2)9-16(14)13-5-4-6-15(10-13)17(18,19)20/h4-10,21H,3,11H2,1-2H3. The lowest BCUT2D eigenvalue weighted by Crippen LogP contribution is -2.12. The van der Waals surface area contributed by atoms with Gasteiger partial charge in [0.05, 0.1) is 5.56 Å². The van der Waals surface area contributed by atoms with Crippen LogP contribution in [-0.4, -0.2) is 6.54 Å². The summed E-state index contributed by atoms with van der Waals surface area (Å²) in [6.45, 7) is 5.39. The van der Waals surface area contributed by atoms with Gasteiger partial charge in [-0.3, -0.25) is 0 Å². The molecule has 2 aromatic carbocycles. The van der Waals surface area contributed by atoms with Crippen LogP contribution in [0.25, 0.3) is 11.1 Å². The SMILES string of the molecule is CCNCc1ccc(C)cc1-c1cccc(C(F)(F)F)c1. The molecule has 0 saturated carbocycles. The Morgan fingerprint density at radius 1 is 1.05 bits per heavy atom. The van der Waals surface area contributed by atoms with Crippen LogP contribution in [-0.2, 0) is 12.7 Å². The van der Waals surface area contributed by atoms with E-state index in [0.717, 1.165) is 29.3 Å². The van der Waals surface area contributed by atoms with Gasteiger partial charge < -0.3 is 5.32 Å². The van der Waals surface area contributed by atoms with Crippen molar-refractivity contribution in [1.82, 2.24) is 5.32 Å². The third kappa shape index (κ3) is 3.85. The van der Waals surface area contributed by atoms with Crippen molar-refractivity contribution >= 4 is 0 Å². The summed E-state index contributed by atoms with van der Waals surface area (Å²) in [5, 5.41) is 3.22. The monoisotopic (exact) mass is 293 g/mol. The molecular weight excluding hydrogens is 275 g/mol. The maximum absolute atomic E-state index is 12.9. The van der Waals surface area contributed by atoms with Gasteiger partial charge in [-0.25, -0.2) is 0 Å². The van der Waals surface area contributed by atoms with Crippen molar-refractivity contribution in [3.8, 4) is 11.1 Å². The molecule has 0 radical (unpaired) electrons. The quantitative estimate of drug-likeness (QED) is 0.854. The molecule has 0 amide bonds. The highest BCUT2D eigenvalue weighted by atomic mass is 19.4. The molecule has 1 nitrogen and oxygen atoms in total. The zero-order valence-corrected chi connectivity index (χ0v) is 12.1. The van der Waals surface area contributed by atoms with Crippen LogP contribution in [0.1, 0.15) is 23.6 Å². The number of benzene rings is 2. The van der Waals surface area contributed by atoms with E-state index in [1.54, 1.807) is 6.07 Å². The second-order valence-corrected chi connectivity index (χ2v) is 5.02. The average molecular weight is 293 g/mol. The topological polar surface area (TPSA) is 12.0 Å². The Morgan fingerprint density at radius 3 is 2.48 bits per heavy atom. The smallest absolute Gasteiger partial charge is 0.313 e. The molecule has 0 heterocycles. The van der Waals surface area contributed by atoms with Gasteiger partial charge >= 0.3 is 6.18 Å². The van der Waals surface area contributed by atoms with E-state index in [-0.39, 0.29) is 0 Å². The van der Waals surface area contributed by atoms with Crippen molar-refractivity contribution in [2.24, 2.45) is 0 Å². The van der Waals surface area contributed by atoms with Gasteiger partial charge in [0.25, 0.3) is 0 Å². The highest BCUT2D eigenvalue weighted by Gasteiger charge is 2.30. The third-order valence-corrected chi connectivity index (χ3v) is 3.33. The zero-order chi connectivity index (χ0) is 15.5. The third-order valence-electron chi connectivity index (χ3n) is 3.33. The Morgan fingerprint density at radius 2 is 1.81 bits per heavy atom. The predicted molar refractivity (Wildman–Crippen MR) is 79.0 cm³/mol. The number of halogens is 3. The summed E-state index contributed by atoms with van der Waals surface area (Å²) in [6.07, 6.45) is -4.32. The fourth-order valence-electron chi connectivity index (χ4n) is 2.24. The fraction of sp³-hybridized carbons (Fsp3) is 0.294. The summed E-state index contributed by atoms with van der Waals surface area (Å²) >= 11 is 0. The Labute approximate surface area is 122 Å². The molecule has 4 heteroatoms. The Kier molecular flexibility index (Phi) is 4.68. The van der Waals surface area contributed by atoms with Crippen LogP contribution in [0.3, 0.4) is 0 Å². The minimum Gasteiger partial charge on any atom is -0.313 e. The number of alkyl halides is 3. The maximum atomic E-state index is 12.9. The normalized spacial score (nSPS) is 11.7. The molecule has 0 saturated heterocycles. The van der Waals surface area contributed by atoms with E-state index in [0.29, 0.717) is 12.1 Å². The molecule has 0 atom stereocenters. The first-order chi connectivity index (χ1) is 9.91. The lowest BCUT2D eigenvalue weighted by atomic mass is 9.96. The van der Waals surface area contributed by atoms with Crippen molar-refractivity contribution < 1.29 is 13.2 Å². The average Bonchev–Trinajstić information content (AvgIpc) is 2.45. The fourth-order valence-corrected chi connectivity index (χ4v) is 2.24. The highest BCUT2D eigenvalue weighted by Crippen LogP contribution is 2.33. The van der Waals surface area contributed by atoms with E-state index in [9.17, 15) is 13.2 Å². The summed E-state index contributed by atoms with van der Waals surface area (Å²) in [4.78, 5) is 0. The van der Waals surface area contributed by atoms with Gasteiger partial charge in [0.1, 0.15) is 0 Å². The van der Waals surface area contributed by atoms with Crippen LogP contribution in [0.15, 0.2) is 42.5 Å². The molecule has 0 aliphatic carbocycles. The van der Waals surface area contributed by atoms with Crippen molar-refractivity contribution in [2.75, 3.05) is 6.54 Å². The minimum atomic E-state index is -4.32. The molecule has 1 N–H and O–H groups in total. The molecule has 21 heavy (non-hydrogen) atoms. The van der Waals surface area contributed by atoms with E-state index >= 15 is 0 Å². The molecule has 2 aromatic rings. The van der Waals surface area contributed by atoms with Crippen molar-refractivity contribution in [2.45, 2.75) is 26.6 Å². The number of hydrogen-bond donors (Lipinski definition) is 1. The van der Waals surface area contributed by atoms with Crippen LogP contribution in [0.5, 0.6) is 0 Å². The summed E-state index contributed by atoms with van der Waals surface area (Å²) < 4.78 is 38.6. The van der Waals surface area contributed by atoms with Crippen LogP contribution in [0.2, 0.25) is 0 Å². The van der Waals surface area contributed by atoms with Gasteiger partial charge in [-0.05, 0) is 42.3 Å². The van der Waals surface area contributed by atoms with Crippen molar-refractivity contribution in [3.05, 3.63) is 59.2 Å². The first kappa shape index (κ1) is 15.6. The predicted octanol–water partition coefficient (Wildman–Crippen LogP) is 4.79. The first-order valence-electron chi connectivity index (χ1n) is 6.89. The van der Waals surface area contributed by atoms with E-state index in [1.807, 2.05) is 32.0 Å². The zero-order valence-electron chi connectivity index (χ0n) is 12.1. The highest BCUT2D eigenvalue weighted by molar-refractivity contribution is 5.69. The van der Waals surface area contributed by atoms with Crippen LogP contribution in [0.4, 0.5) is 13.2 Å².